The zero-order valence-electron chi connectivity index (χ0n) is 12.1. The van der Waals surface area contributed by atoms with Gasteiger partial charge in [0, 0.05) is 26.2 Å². The standard InChI is InChI=1S/C13H27N3Si/c1-13(2,3)17(4,5)16-11-7-10-15(12-16)9-6-8-14/h6-7,9-12H2,1-5H3. The molecule has 0 amide bonds. The van der Waals surface area contributed by atoms with Crippen LogP contribution >= 0.6 is 0 Å². The van der Waals surface area contributed by atoms with Gasteiger partial charge in [0.2, 0.25) is 0 Å². The molecule has 1 rings (SSSR count). The van der Waals surface area contributed by atoms with Crippen molar-refractivity contribution in [1.29, 1.82) is 5.26 Å². The summed E-state index contributed by atoms with van der Waals surface area (Å²) in [5.74, 6) is 0. The minimum Gasteiger partial charge on any atom is -0.311 e. The van der Waals surface area contributed by atoms with Crippen LogP contribution in [0.4, 0.5) is 0 Å². The van der Waals surface area contributed by atoms with Crippen molar-refractivity contribution in [2.24, 2.45) is 0 Å². The van der Waals surface area contributed by atoms with E-state index in [0.29, 0.717) is 11.5 Å². The highest BCUT2D eigenvalue weighted by atomic mass is 28.3. The summed E-state index contributed by atoms with van der Waals surface area (Å²) >= 11 is 0. The third-order valence-electron chi connectivity index (χ3n) is 4.44. The Morgan fingerprint density at radius 1 is 1.24 bits per heavy atom. The molecule has 0 unspecified atom stereocenters. The van der Waals surface area contributed by atoms with Crippen molar-refractivity contribution < 1.29 is 0 Å². The Morgan fingerprint density at radius 2 is 1.88 bits per heavy atom. The maximum atomic E-state index is 8.67. The number of hydrogen-bond donors (Lipinski definition) is 0. The molecular formula is C13H27N3Si. The van der Waals surface area contributed by atoms with E-state index in [1.165, 1.54) is 13.0 Å². The molecule has 0 spiro atoms. The van der Waals surface area contributed by atoms with E-state index in [-0.39, 0.29) is 0 Å². The first kappa shape index (κ1) is 14.7. The highest BCUT2D eigenvalue weighted by Crippen LogP contribution is 2.38. The smallest absolute Gasteiger partial charge is 0.128 e. The van der Waals surface area contributed by atoms with Crippen LogP contribution in [0.3, 0.4) is 0 Å². The molecule has 0 aliphatic carbocycles. The van der Waals surface area contributed by atoms with Gasteiger partial charge >= 0.3 is 0 Å². The van der Waals surface area contributed by atoms with E-state index in [1.54, 1.807) is 0 Å². The number of hydrogen-bond acceptors (Lipinski definition) is 3. The van der Waals surface area contributed by atoms with E-state index in [4.69, 9.17) is 5.26 Å². The number of nitrogens with zero attached hydrogens (tertiary/aromatic N) is 3. The fourth-order valence-electron chi connectivity index (χ4n) is 2.19. The molecule has 0 atom stereocenters. The molecule has 1 heterocycles. The van der Waals surface area contributed by atoms with Crippen molar-refractivity contribution >= 4 is 8.24 Å². The maximum Gasteiger partial charge on any atom is 0.128 e. The van der Waals surface area contributed by atoms with Crippen molar-refractivity contribution in [2.45, 2.75) is 51.7 Å². The van der Waals surface area contributed by atoms with Crippen LogP contribution in [0.15, 0.2) is 0 Å². The lowest BCUT2D eigenvalue weighted by atomic mass is 10.2. The number of rotatable bonds is 3. The second-order valence-electron chi connectivity index (χ2n) is 6.59. The van der Waals surface area contributed by atoms with Crippen molar-refractivity contribution in [3.05, 3.63) is 0 Å². The normalized spacial score (nSPS) is 20.2. The zero-order valence-corrected chi connectivity index (χ0v) is 13.1. The van der Waals surface area contributed by atoms with Gasteiger partial charge in [-0.25, -0.2) is 0 Å². The Balaban J connectivity index is 2.63. The van der Waals surface area contributed by atoms with Gasteiger partial charge in [-0.3, -0.25) is 4.90 Å². The van der Waals surface area contributed by atoms with E-state index in [9.17, 15) is 0 Å². The first-order chi connectivity index (χ1) is 7.79. The van der Waals surface area contributed by atoms with Crippen LogP contribution in [0.2, 0.25) is 18.1 Å². The summed E-state index contributed by atoms with van der Waals surface area (Å²) in [6.45, 7) is 16.4. The van der Waals surface area contributed by atoms with Crippen LogP contribution in [0.25, 0.3) is 0 Å². The van der Waals surface area contributed by atoms with E-state index in [0.717, 1.165) is 19.8 Å². The predicted octanol–water partition coefficient (Wildman–Crippen LogP) is 2.87. The summed E-state index contributed by atoms with van der Waals surface area (Å²) in [7, 11) is -1.38. The molecule has 1 aliphatic rings. The Morgan fingerprint density at radius 3 is 2.41 bits per heavy atom. The minimum absolute atomic E-state index is 0.408. The van der Waals surface area contributed by atoms with Crippen molar-refractivity contribution in [1.82, 2.24) is 9.47 Å². The third-order valence-corrected chi connectivity index (χ3v) is 10.1. The molecule has 0 bridgehead atoms. The second-order valence-corrected chi connectivity index (χ2v) is 11.8. The maximum absolute atomic E-state index is 8.67. The van der Waals surface area contributed by atoms with E-state index < -0.39 is 8.24 Å². The third kappa shape index (κ3) is 3.54. The van der Waals surface area contributed by atoms with Gasteiger partial charge in [-0.15, -0.1) is 0 Å². The lowest BCUT2D eigenvalue weighted by Gasteiger charge is -2.50. The SMILES string of the molecule is CC(C)(C)[Si](C)(C)N1CCCN(CCC#N)C1. The Labute approximate surface area is 107 Å². The summed E-state index contributed by atoms with van der Waals surface area (Å²) in [5.41, 5.74) is 0. The lowest BCUT2D eigenvalue weighted by molar-refractivity contribution is 0.140. The predicted molar refractivity (Wildman–Crippen MR) is 75.2 cm³/mol. The molecule has 1 saturated heterocycles. The molecule has 3 nitrogen and oxygen atoms in total. The van der Waals surface area contributed by atoms with E-state index in [2.05, 4.69) is 49.4 Å². The fourth-order valence-corrected chi connectivity index (χ4v) is 4.41. The van der Waals surface area contributed by atoms with Crippen LogP contribution < -0.4 is 0 Å². The van der Waals surface area contributed by atoms with E-state index >= 15 is 0 Å². The zero-order chi connectivity index (χ0) is 13.1. The van der Waals surface area contributed by atoms with Crippen molar-refractivity contribution in [2.75, 3.05) is 26.3 Å². The summed E-state index contributed by atoms with van der Waals surface area (Å²) < 4.78 is 2.70. The first-order valence-corrected chi connectivity index (χ1v) is 9.58. The van der Waals surface area contributed by atoms with Crippen molar-refractivity contribution in [3.8, 4) is 6.07 Å². The summed E-state index contributed by atoms with van der Waals surface area (Å²) in [5, 5.41) is 9.08. The molecule has 0 radical (unpaired) electrons. The molecule has 4 heteroatoms. The Hall–Kier alpha value is -0.373. The monoisotopic (exact) mass is 253 g/mol. The molecule has 0 aromatic heterocycles. The van der Waals surface area contributed by atoms with Gasteiger partial charge in [0.25, 0.3) is 0 Å². The molecule has 17 heavy (non-hydrogen) atoms. The van der Waals surface area contributed by atoms with Crippen LogP contribution in [0.1, 0.15) is 33.6 Å². The van der Waals surface area contributed by atoms with Crippen molar-refractivity contribution in [3.63, 3.8) is 0 Å². The summed E-state index contributed by atoms with van der Waals surface area (Å²) in [4.78, 5) is 2.44. The van der Waals surface area contributed by atoms with Gasteiger partial charge in [-0.05, 0) is 18.0 Å². The van der Waals surface area contributed by atoms with Crippen LogP contribution in [-0.2, 0) is 0 Å². The molecule has 0 aromatic rings. The van der Waals surface area contributed by atoms with Gasteiger partial charge in [-0.2, -0.15) is 5.26 Å². The molecule has 98 valence electrons. The summed E-state index contributed by atoms with van der Waals surface area (Å²) in [6, 6.07) is 2.25. The lowest BCUT2D eigenvalue weighted by Crippen LogP contribution is -2.60. The molecule has 1 fully saturated rings. The quantitative estimate of drug-likeness (QED) is 0.725. The Kier molecular flexibility index (Phi) is 4.76. The van der Waals surface area contributed by atoms with Crippen LogP contribution in [0.5, 0.6) is 0 Å². The number of nitriles is 1. The van der Waals surface area contributed by atoms with Gasteiger partial charge in [0.1, 0.15) is 8.24 Å². The van der Waals surface area contributed by atoms with Gasteiger partial charge < -0.3 is 4.57 Å². The largest absolute Gasteiger partial charge is 0.311 e. The highest BCUT2D eigenvalue weighted by Gasteiger charge is 2.42. The topological polar surface area (TPSA) is 30.3 Å². The molecule has 0 N–H and O–H groups in total. The molecule has 0 saturated carbocycles. The van der Waals surface area contributed by atoms with Gasteiger partial charge in [0.15, 0.2) is 0 Å². The van der Waals surface area contributed by atoms with Gasteiger partial charge in [-0.1, -0.05) is 33.9 Å². The minimum atomic E-state index is -1.38. The average Bonchev–Trinajstić information content (AvgIpc) is 2.25. The van der Waals surface area contributed by atoms with Crippen LogP contribution in [-0.4, -0.2) is 44.0 Å². The van der Waals surface area contributed by atoms with Crippen LogP contribution in [0, 0.1) is 11.3 Å². The summed E-state index contributed by atoms with van der Waals surface area (Å²) in [6.07, 6.45) is 1.91. The second kappa shape index (κ2) is 5.51. The molecular weight excluding hydrogens is 226 g/mol. The van der Waals surface area contributed by atoms with Gasteiger partial charge in [0.05, 0.1) is 6.07 Å². The molecule has 0 aromatic carbocycles. The Bertz CT molecular complexity index is 288. The van der Waals surface area contributed by atoms with E-state index in [1.807, 2.05) is 0 Å². The molecule has 1 aliphatic heterocycles. The first-order valence-electron chi connectivity index (χ1n) is 6.63. The average molecular weight is 253 g/mol. The fraction of sp³-hybridized carbons (Fsp3) is 0.923. The highest BCUT2D eigenvalue weighted by molar-refractivity contribution is 6.77.